The molecule has 1 N–H and O–H groups in total. The number of rotatable bonds is 2. The van der Waals surface area contributed by atoms with E-state index in [1.54, 1.807) is 13.1 Å². The highest BCUT2D eigenvalue weighted by atomic mass is 19.4. The van der Waals surface area contributed by atoms with E-state index in [0.29, 0.717) is 24.6 Å². The quantitative estimate of drug-likeness (QED) is 0.587. The lowest BCUT2D eigenvalue weighted by molar-refractivity contribution is -0.136. The van der Waals surface area contributed by atoms with Gasteiger partial charge in [-0.1, -0.05) is 34.6 Å². The number of hydrogen-bond donors (Lipinski definition) is 1. The fourth-order valence-electron chi connectivity index (χ4n) is 3.92. The first-order chi connectivity index (χ1) is 15.2. The molecule has 1 aromatic carbocycles. The van der Waals surface area contributed by atoms with E-state index in [0.717, 1.165) is 6.07 Å². The lowest BCUT2D eigenvalue weighted by Gasteiger charge is -2.33. The Bertz CT molecular complexity index is 1250. The number of aromatic nitrogens is 4. The van der Waals surface area contributed by atoms with Crippen molar-refractivity contribution in [3.63, 3.8) is 0 Å². The number of imidazole rings is 1. The molecule has 0 bridgehead atoms. The van der Waals surface area contributed by atoms with Crippen LogP contribution in [0.4, 0.5) is 13.2 Å². The van der Waals surface area contributed by atoms with Crippen LogP contribution in [-0.2, 0) is 27.9 Å². The molecule has 4 rings (SSSR count). The van der Waals surface area contributed by atoms with Gasteiger partial charge in [-0.3, -0.25) is 4.68 Å². The van der Waals surface area contributed by atoms with Crippen LogP contribution in [0.25, 0.3) is 22.6 Å². The van der Waals surface area contributed by atoms with Crippen molar-refractivity contribution >= 4 is 23.6 Å². The van der Waals surface area contributed by atoms with E-state index in [1.807, 2.05) is 34.6 Å². The molecule has 1 aliphatic rings. The summed E-state index contributed by atoms with van der Waals surface area (Å²) in [7, 11) is 0.731. The highest BCUT2D eigenvalue weighted by Crippen LogP contribution is 2.36. The average Bonchev–Trinajstić information content (AvgIpc) is 3.26. The number of nitrogens with one attached hydrogen (secondary N) is 1. The monoisotopic (exact) mass is 459 g/mol. The first-order valence-electron chi connectivity index (χ1n) is 10.5. The largest absolute Gasteiger partial charge is 0.493 e. The molecule has 0 aliphatic carbocycles. The second kappa shape index (κ2) is 7.60. The summed E-state index contributed by atoms with van der Waals surface area (Å²) in [6, 6.07) is 4.72. The van der Waals surface area contributed by atoms with Gasteiger partial charge in [-0.2, -0.15) is 23.5 Å². The number of fused-ring (bicyclic) bond motifs is 1. The number of nitriles is 1. The maximum Gasteiger partial charge on any atom is 0.493 e. The predicted octanol–water partition coefficient (Wildman–Crippen LogP) is 3.92. The van der Waals surface area contributed by atoms with E-state index < -0.39 is 24.3 Å². The van der Waals surface area contributed by atoms with Gasteiger partial charge in [0.15, 0.2) is 5.82 Å². The van der Waals surface area contributed by atoms with E-state index in [-0.39, 0.29) is 33.3 Å². The maximum absolute atomic E-state index is 14.0. The second-order valence-corrected chi connectivity index (χ2v) is 10.2. The number of benzene rings is 1. The summed E-state index contributed by atoms with van der Waals surface area (Å²) in [5, 5.41) is 14.2. The predicted molar refractivity (Wildman–Crippen MR) is 118 cm³/mol. The molecule has 0 radical (unpaired) electrons. The third-order valence-electron chi connectivity index (χ3n) is 5.53. The van der Waals surface area contributed by atoms with Crippen LogP contribution in [0.3, 0.4) is 0 Å². The summed E-state index contributed by atoms with van der Waals surface area (Å²) in [5.41, 5.74) is -0.194. The van der Waals surface area contributed by atoms with Gasteiger partial charge in [0, 0.05) is 31.1 Å². The number of hydrogen-bond acceptors (Lipinski definition) is 5. The summed E-state index contributed by atoms with van der Waals surface area (Å²) >= 11 is 0. The first kappa shape index (κ1) is 23.3. The molecule has 33 heavy (non-hydrogen) atoms. The minimum Gasteiger partial charge on any atom is -0.407 e. The summed E-state index contributed by atoms with van der Waals surface area (Å²) in [6.07, 6.45) is -4.64. The standard InChI is InChI=1S/C22H25BF3N5O2/c1-20(2,3)18-13(9-27)17(31(6)30-18)19-28-15-8-12(23-32-10-21(4,5)11-33-23)7-14(16(15)29-19)22(24,25)26/h7-8H,10-11H2,1-6H3,(H,28,29). The molecule has 7 nitrogen and oxygen atoms in total. The number of aryl methyl sites for hydroxylation is 1. The zero-order valence-corrected chi connectivity index (χ0v) is 19.4. The van der Waals surface area contributed by atoms with Gasteiger partial charge in [0.2, 0.25) is 0 Å². The molecular weight excluding hydrogens is 434 g/mol. The Labute approximate surface area is 190 Å². The molecule has 0 atom stereocenters. The van der Waals surface area contributed by atoms with Crippen molar-refractivity contribution in [3.8, 4) is 17.6 Å². The Hall–Kier alpha value is -2.84. The number of aromatic amines is 1. The Balaban J connectivity index is 1.88. The van der Waals surface area contributed by atoms with Crippen LogP contribution in [0.5, 0.6) is 0 Å². The Kier molecular flexibility index (Phi) is 5.37. The van der Waals surface area contributed by atoms with E-state index in [4.69, 9.17) is 9.31 Å². The maximum atomic E-state index is 14.0. The Morgan fingerprint density at radius 3 is 2.36 bits per heavy atom. The van der Waals surface area contributed by atoms with Crippen LogP contribution >= 0.6 is 0 Å². The highest BCUT2D eigenvalue weighted by Gasteiger charge is 2.39. The van der Waals surface area contributed by atoms with Gasteiger partial charge < -0.3 is 14.3 Å². The smallest absolute Gasteiger partial charge is 0.407 e. The number of nitrogens with zero attached hydrogens (tertiary/aromatic N) is 4. The van der Waals surface area contributed by atoms with Crippen molar-refractivity contribution < 1.29 is 22.5 Å². The molecule has 11 heteroatoms. The molecule has 3 aromatic rings. The van der Waals surface area contributed by atoms with Crippen LogP contribution < -0.4 is 5.46 Å². The lowest BCUT2D eigenvalue weighted by Crippen LogP contribution is -2.47. The van der Waals surface area contributed by atoms with Gasteiger partial charge in [-0.15, -0.1) is 0 Å². The lowest BCUT2D eigenvalue weighted by atomic mass is 9.75. The van der Waals surface area contributed by atoms with Gasteiger partial charge >= 0.3 is 13.3 Å². The summed E-state index contributed by atoms with van der Waals surface area (Å²) in [4.78, 5) is 7.22. The van der Waals surface area contributed by atoms with Crippen LogP contribution in [0.15, 0.2) is 12.1 Å². The number of halogens is 3. The zero-order chi connectivity index (χ0) is 24.3. The topological polar surface area (TPSA) is 88.8 Å². The zero-order valence-electron chi connectivity index (χ0n) is 19.4. The first-order valence-corrected chi connectivity index (χ1v) is 10.5. The minimum atomic E-state index is -4.64. The molecule has 3 heterocycles. The van der Waals surface area contributed by atoms with Crippen molar-refractivity contribution in [3.05, 3.63) is 29.0 Å². The molecule has 1 saturated heterocycles. The second-order valence-electron chi connectivity index (χ2n) is 10.2. The Morgan fingerprint density at radius 1 is 1.18 bits per heavy atom. The molecule has 0 amide bonds. The normalized spacial score (nSPS) is 16.9. The van der Waals surface area contributed by atoms with Crippen molar-refractivity contribution in [2.24, 2.45) is 12.5 Å². The van der Waals surface area contributed by atoms with Gasteiger partial charge in [0.25, 0.3) is 0 Å². The SMILES string of the molecule is Cn1nc(C(C)(C)C)c(C#N)c1-c1nc2c(C(F)(F)F)cc(B3OCC(C)(C)CO3)cc2[nH]1. The molecule has 0 spiro atoms. The molecule has 2 aromatic heterocycles. The van der Waals surface area contributed by atoms with Gasteiger partial charge in [0.05, 0.1) is 16.8 Å². The van der Waals surface area contributed by atoms with E-state index in [2.05, 4.69) is 21.1 Å². The molecule has 0 unspecified atom stereocenters. The van der Waals surface area contributed by atoms with Crippen molar-refractivity contribution in [1.29, 1.82) is 5.26 Å². The van der Waals surface area contributed by atoms with Gasteiger partial charge in [-0.25, -0.2) is 4.98 Å². The fourth-order valence-corrected chi connectivity index (χ4v) is 3.92. The summed E-state index contributed by atoms with van der Waals surface area (Å²) in [6.45, 7) is 10.4. The fraction of sp³-hybridized carbons (Fsp3) is 0.500. The number of H-pyrrole nitrogens is 1. The molecule has 1 aliphatic heterocycles. The third kappa shape index (κ3) is 4.25. The van der Waals surface area contributed by atoms with Crippen LogP contribution in [0, 0.1) is 16.7 Å². The minimum absolute atomic E-state index is 0.140. The van der Waals surface area contributed by atoms with Gasteiger partial charge in [0.1, 0.15) is 22.8 Å². The van der Waals surface area contributed by atoms with E-state index in [9.17, 15) is 18.4 Å². The Morgan fingerprint density at radius 2 is 1.82 bits per heavy atom. The van der Waals surface area contributed by atoms with Crippen molar-refractivity contribution in [2.75, 3.05) is 13.2 Å². The van der Waals surface area contributed by atoms with Crippen LogP contribution in [-0.4, -0.2) is 40.1 Å². The summed E-state index contributed by atoms with van der Waals surface area (Å²) < 4.78 is 54.8. The third-order valence-corrected chi connectivity index (χ3v) is 5.53. The number of alkyl halides is 3. The van der Waals surface area contributed by atoms with Gasteiger partial charge in [-0.05, 0) is 17.6 Å². The van der Waals surface area contributed by atoms with E-state index >= 15 is 0 Å². The summed E-state index contributed by atoms with van der Waals surface area (Å²) in [5.74, 6) is 0.140. The van der Waals surface area contributed by atoms with Crippen molar-refractivity contribution in [1.82, 2.24) is 19.7 Å². The van der Waals surface area contributed by atoms with Crippen LogP contribution in [0.2, 0.25) is 0 Å². The molecule has 0 saturated carbocycles. The molecule has 174 valence electrons. The average molecular weight is 459 g/mol. The molecular formula is C22H25BF3N5O2. The highest BCUT2D eigenvalue weighted by molar-refractivity contribution is 6.61. The van der Waals surface area contributed by atoms with E-state index in [1.165, 1.54) is 4.68 Å². The molecule has 1 fully saturated rings. The van der Waals surface area contributed by atoms with Crippen LogP contribution in [0.1, 0.15) is 51.4 Å². The van der Waals surface area contributed by atoms with Crippen molar-refractivity contribution in [2.45, 2.75) is 46.2 Å².